The van der Waals surface area contributed by atoms with Crippen LogP contribution in [0.1, 0.15) is 41.5 Å². The molecule has 0 saturated heterocycles. The number of amides is 2. The van der Waals surface area contributed by atoms with Gasteiger partial charge in [0.25, 0.3) is 0 Å². The van der Waals surface area contributed by atoms with Gasteiger partial charge in [-0.05, 0) is 41.5 Å². The quantitative estimate of drug-likeness (QED) is 0.752. The fraction of sp³-hybridized carbons (Fsp3) is 0.833. The number of carbonyl (C=O) groups is 2. The van der Waals surface area contributed by atoms with Gasteiger partial charge < -0.3 is 15.4 Å². The van der Waals surface area contributed by atoms with Crippen LogP contribution in [-0.4, -0.2) is 36.1 Å². The number of rotatable bonds is 5. The summed E-state index contributed by atoms with van der Waals surface area (Å²) in [6.45, 7) is 11.0. The highest BCUT2D eigenvalue weighted by Gasteiger charge is 2.20. The maximum absolute atomic E-state index is 11.7. The van der Waals surface area contributed by atoms with Crippen molar-refractivity contribution in [3.63, 3.8) is 0 Å². The molecule has 0 aliphatic rings. The third kappa shape index (κ3) is 8.68. The van der Waals surface area contributed by atoms with Crippen LogP contribution in [0.5, 0.6) is 0 Å². The molecule has 5 heteroatoms. The molecule has 2 amide bonds. The molecule has 0 bridgehead atoms. The summed E-state index contributed by atoms with van der Waals surface area (Å²) in [6.07, 6.45) is -0.000502. The van der Waals surface area contributed by atoms with Gasteiger partial charge >= 0.3 is 0 Å². The highest BCUT2D eigenvalue weighted by atomic mass is 16.5. The Bertz CT molecular complexity index is 269. The van der Waals surface area contributed by atoms with Crippen molar-refractivity contribution >= 4 is 11.8 Å². The molecular formula is C12H24N2O3. The lowest BCUT2D eigenvalue weighted by atomic mass is 10.1. The van der Waals surface area contributed by atoms with Crippen LogP contribution < -0.4 is 10.6 Å². The molecule has 100 valence electrons. The predicted octanol–water partition coefficient (Wildman–Crippen LogP) is 0.831. The summed E-state index contributed by atoms with van der Waals surface area (Å²) in [5, 5.41) is 5.38. The molecule has 0 aromatic rings. The first-order chi connectivity index (χ1) is 7.61. The molecule has 1 atom stereocenters. The van der Waals surface area contributed by atoms with Crippen LogP contribution in [-0.2, 0) is 14.3 Å². The molecule has 2 N–H and O–H groups in total. The number of carbonyl (C=O) groups excluding carboxylic acids is 2. The normalized spacial score (nSPS) is 13.4. The Morgan fingerprint density at radius 3 is 2.12 bits per heavy atom. The van der Waals surface area contributed by atoms with Gasteiger partial charge in [-0.15, -0.1) is 0 Å². The summed E-state index contributed by atoms with van der Waals surface area (Å²) in [7, 11) is 0. The van der Waals surface area contributed by atoms with Gasteiger partial charge in [0.2, 0.25) is 11.8 Å². The standard InChI is InChI=1S/C12H24N2O3/c1-8(2)17-7-10(15)13-9(3)11(16)14-12(4,5)6/h8-9H,7H2,1-6H3,(H,13,15)(H,14,16). The highest BCUT2D eigenvalue weighted by Crippen LogP contribution is 1.99. The second-order valence-corrected chi connectivity index (χ2v) is 5.39. The van der Waals surface area contributed by atoms with E-state index in [1.54, 1.807) is 6.92 Å². The molecule has 0 radical (unpaired) electrons. The first-order valence-corrected chi connectivity index (χ1v) is 5.85. The topological polar surface area (TPSA) is 67.4 Å². The summed E-state index contributed by atoms with van der Waals surface area (Å²) in [5.41, 5.74) is -0.301. The second-order valence-electron chi connectivity index (χ2n) is 5.39. The lowest BCUT2D eigenvalue weighted by molar-refractivity contribution is -0.132. The van der Waals surface area contributed by atoms with E-state index in [9.17, 15) is 9.59 Å². The molecule has 0 aliphatic heterocycles. The van der Waals surface area contributed by atoms with Gasteiger partial charge in [0, 0.05) is 5.54 Å². The summed E-state index contributed by atoms with van der Waals surface area (Å²) in [4.78, 5) is 23.1. The number of hydrogen-bond acceptors (Lipinski definition) is 3. The van der Waals surface area contributed by atoms with Gasteiger partial charge in [-0.1, -0.05) is 0 Å². The monoisotopic (exact) mass is 244 g/mol. The maximum atomic E-state index is 11.7. The lowest BCUT2D eigenvalue weighted by Crippen LogP contribution is -2.51. The Morgan fingerprint density at radius 1 is 1.18 bits per heavy atom. The van der Waals surface area contributed by atoms with Gasteiger partial charge in [0.15, 0.2) is 0 Å². The van der Waals surface area contributed by atoms with E-state index in [1.807, 2.05) is 34.6 Å². The fourth-order valence-electron chi connectivity index (χ4n) is 1.07. The zero-order chi connectivity index (χ0) is 13.6. The second kappa shape index (κ2) is 6.59. The van der Waals surface area contributed by atoms with E-state index in [0.29, 0.717) is 0 Å². The molecule has 5 nitrogen and oxygen atoms in total. The van der Waals surface area contributed by atoms with Crippen LogP contribution in [0.3, 0.4) is 0 Å². The number of hydrogen-bond donors (Lipinski definition) is 2. The highest BCUT2D eigenvalue weighted by molar-refractivity contribution is 5.88. The van der Waals surface area contributed by atoms with Gasteiger partial charge in [0.1, 0.15) is 12.6 Å². The summed E-state index contributed by atoms with van der Waals surface area (Å²) < 4.78 is 5.14. The van der Waals surface area contributed by atoms with Crippen molar-refractivity contribution in [3.8, 4) is 0 Å². The minimum absolute atomic E-state index is 0.000502. The third-order valence-electron chi connectivity index (χ3n) is 1.82. The van der Waals surface area contributed by atoms with Crippen molar-refractivity contribution in [1.29, 1.82) is 0 Å². The third-order valence-corrected chi connectivity index (χ3v) is 1.82. The summed E-state index contributed by atoms with van der Waals surface area (Å²) in [5.74, 6) is -0.481. The van der Waals surface area contributed by atoms with E-state index in [1.165, 1.54) is 0 Å². The first kappa shape index (κ1) is 15.9. The van der Waals surface area contributed by atoms with Crippen LogP contribution in [0.4, 0.5) is 0 Å². The molecule has 0 saturated carbocycles. The minimum Gasteiger partial charge on any atom is -0.369 e. The number of nitrogens with one attached hydrogen (secondary N) is 2. The summed E-state index contributed by atoms with van der Waals surface area (Å²) >= 11 is 0. The van der Waals surface area contributed by atoms with E-state index in [4.69, 9.17) is 4.74 Å². The molecule has 1 unspecified atom stereocenters. The SMILES string of the molecule is CC(C)OCC(=O)NC(C)C(=O)NC(C)(C)C. The van der Waals surface area contributed by atoms with E-state index in [2.05, 4.69) is 10.6 Å². The van der Waals surface area contributed by atoms with Crippen molar-refractivity contribution in [2.45, 2.75) is 59.2 Å². The van der Waals surface area contributed by atoms with Crippen LogP contribution in [0.2, 0.25) is 0 Å². The van der Waals surface area contributed by atoms with Gasteiger partial charge in [-0.25, -0.2) is 0 Å². The molecule has 0 aromatic carbocycles. The van der Waals surface area contributed by atoms with Crippen molar-refractivity contribution in [3.05, 3.63) is 0 Å². The van der Waals surface area contributed by atoms with Gasteiger partial charge in [0.05, 0.1) is 6.10 Å². The van der Waals surface area contributed by atoms with Crippen molar-refractivity contribution < 1.29 is 14.3 Å². The molecule has 17 heavy (non-hydrogen) atoms. The minimum atomic E-state index is -0.558. The Labute approximate surface area is 103 Å². The Balaban J connectivity index is 4.04. The molecule has 0 heterocycles. The molecule has 0 spiro atoms. The molecule has 0 aromatic heterocycles. The Kier molecular flexibility index (Phi) is 6.16. The van der Waals surface area contributed by atoms with Crippen LogP contribution in [0, 0.1) is 0 Å². The van der Waals surface area contributed by atoms with Crippen LogP contribution in [0.15, 0.2) is 0 Å². The maximum Gasteiger partial charge on any atom is 0.246 e. The van der Waals surface area contributed by atoms with Gasteiger partial charge in [-0.3, -0.25) is 9.59 Å². The lowest BCUT2D eigenvalue weighted by Gasteiger charge is -2.23. The van der Waals surface area contributed by atoms with E-state index in [0.717, 1.165) is 0 Å². The molecule has 0 aliphatic carbocycles. The molecule has 0 fully saturated rings. The fourth-order valence-corrected chi connectivity index (χ4v) is 1.07. The van der Waals surface area contributed by atoms with E-state index >= 15 is 0 Å². The van der Waals surface area contributed by atoms with E-state index in [-0.39, 0.29) is 30.1 Å². The average molecular weight is 244 g/mol. The molecule has 0 rings (SSSR count). The zero-order valence-electron chi connectivity index (χ0n) is 11.6. The Morgan fingerprint density at radius 2 is 1.71 bits per heavy atom. The number of ether oxygens (including phenoxy) is 1. The van der Waals surface area contributed by atoms with Crippen LogP contribution in [0.25, 0.3) is 0 Å². The first-order valence-electron chi connectivity index (χ1n) is 5.85. The summed E-state index contributed by atoms with van der Waals surface area (Å²) in [6, 6.07) is -0.558. The Hall–Kier alpha value is -1.10. The molecular weight excluding hydrogens is 220 g/mol. The zero-order valence-corrected chi connectivity index (χ0v) is 11.6. The van der Waals surface area contributed by atoms with E-state index < -0.39 is 6.04 Å². The van der Waals surface area contributed by atoms with Crippen molar-refractivity contribution in [2.24, 2.45) is 0 Å². The van der Waals surface area contributed by atoms with Crippen molar-refractivity contribution in [2.75, 3.05) is 6.61 Å². The average Bonchev–Trinajstić information content (AvgIpc) is 2.11. The largest absolute Gasteiger partial charge is 0.369 e. The van der Waals surface area contributed by atoms with Gasteiger partial charge in [-0.2, -0.15) is 0 Å². The van der Waals surface area contributed by atoms with Crippen molar-refractivity contribution in [1.82, 2.24) is 10.6 Å². The van der Waals surface area contributed by atoms with Crippen LogP contribution >= 0.6 is 0 Å². The smallest absolute Gasteiger partial charge is 0.246 e. The predicted molar refractivity (Wildman–Crippen MR) is 66.6 cm³/mol.